The van der Waals surface area contributed by atoms with Crippen LogP contribution in [0.5, 0.6) is 0 Å². The number of halogens is 3. The lowest BCUT2D eigenvalue weighted by atomic mass is 10.1. The number of benzene rings is 3. The molecule has 3 amide bonds. The topological polar surface area (TPSA) is 190 Å². The highest BCUT2D eigenvalue weighted by atomic mass is 32.2. The number of hydrogen-bond acceptors (Lipinski definition) is 14. The minimum absolute atomic E-state index is 0.00215. The summed E-state index contributed by atoms with van der Waals surface area (Å²) >= 11 is 1.06. The summed E-state index contributed by atoms with van der Waals surface area (Å²) in [5.41, 5.74) is 0.517. The first-order valence-electron chi connectivity index (χ1n) is 20.4. The number of aromatic nitrogens is 6. The Hall–Kier alpha value is -7.13. The number of amides is 3. The summed E-state index contributed by atoms with van der Waals surface area (Å²) in [5.74, 6) is -1.82. The molecule has 0 bridgehead atoms. The number of carbonyl (C=O) groups is 4. The molecular formula is C46H43F3N8O8S2. The van der Waals surface area contributed by atoms with Gasteiger partial charge in [0.05, 0.1) is 35.4 Å². The first-order valence-corrected chi connectivity index (χ1v) is 22.3. The summed E-state index contributed by atoms with van der Waals surface area (Å²) in [6.07, 6.45) is -2.60. The van der Waals surface area contributed by atoms with Crippen molar-refractivity contribution in [2.75, 3.05) is 16.0 Å². The fourth-order valence-electron chi connectivity index (χ4n) is 6.24. The largest absolute Gasteiger partial charge is 0.472 e. The number of hydrogen-bond donors (Lipinski definition) is 1. The number of alkyl halides is 3. The molecule has 4 heterocycles. The SMILES string of the molecule is CC(C)(C)OC(=O)N(C(=O)CSc1nnc(-c2coc(-c3ccc(NC(=O)C(Sc4nnc(-c5ccoc5)n4Cc4ccccc4)C(F)(F)F)cc3)c2)n1C(=O)OC(C)(C)C)c1ccccc1. The molecule has 4 aromatic heterocycles. The van der Waals surface area contributed by atoms with E-state index < -0.39 is 46.6 Å². The molecule has 7 rings (SSSR count). The van der Waals surface area contributed by atoms with Crippen LogP contribution in [0.3, 0.4) is 0 Å². The number of thioether (sulfide) groups is 2. The number of nitrogens with zero attached hydrogens (tertiary/aromatic N) is 7. The number of para-hydroxylation sites is 1. The van der Waals surface area contributed by atoms with Crippen LogP contribution < -0.4 is 10.2 Å². The number of imide groups is 1. The molecule has 0 radical (unpaired) electrons. The van der Waals surface area contributed by atoms with Gasteiger partial charge in [-0.3, -0.25) is 14.2 Å². The van der Waals surface area contributed by atoms with Crippen LogP contribution in [0, 0.1) is 0 Å². The molecule has 0 aliphatic heterocycles. The zero-order valence-corrected chi connectivity index (χ0v) is 38.4. The summed E-state index contributed by atoms with van der Waals surface area (Å²) in [6.45, 7) is 10.2. The fourth-order valence-corrected chi connectivity index (χ4v) is 7.89. The zero-order valence-electron chi connectivity index (χ0n) is 36.8. The third-order valence-corrected chi connectivity index (χ3v) is 11.3. The van der Waals surface area contributed by atoms with Gasteiger partial charge in [0, 0.05) is 11.3 Å². The number of rotatable bonds is 13. The molecular weight excluding hydrogens is 914 g/mol. The Morgan fingerprint density at radius 2 is 1.39 bits per heavy atom. The van der Waals surface area contributed by atoms with Gasteiger partial charge in [-0.05, 0) is 95.6 Å². The highest BCUT2D eigenvalue weighted by molar-refractivity contribution is 8.00. The van der Waals surface area contributed by atoms with Crippen LogP contribution in [0.4, 0.5) is 34.1 Å². The van der Waals surface area contributed by atoms with E-state index >= 15 is 0 Å². The zero-order chi connectivity index (χ0) is 48.1. The van der Waals surface area contributed by atoms with E-state index in [1.54, 1.807) is 96.1 Å². The van der Waals surface area contributed by atoms with Crippen LogP contribution in [0.2, 0.25) is 0 Å². The second-order valence-electron chi connectivity index (χ2n) is 16.7. The first kappa shape index (κ1) is 47.8. The Balaban J connectivity index is 1.08. The standard InChI is InChI=1S/C46H43F3N8O8S2/c1-44(2,3)64-42(60)56(33-15-11-8-12-16-33)35(58)27-66-41-54-52-38(57(41)43(61)65-45(4,5)6)31-23-34(63-26-31)29-17-19-32(20-18-29)50-39(59)36(46(47,48)49)67-40-53-51-37(30-21-22-62-25-30)55(40)24-28-13-9-7-10-14-28/h7-23,25-26,36H,24,27H2,1-6H3,(H,50,59). The highest BCUT2D eigenvalue weighted by Gasteiger charge is 2.47. The minimum atomic E-state index is -4.98. The smallest absolute Gasteiger partial charge is 0.422 e. The van der Waals surface area contributed by atoms with Crippen molar-refractivity contribution < 1.29 is 50.7 Å². The number of carbonyl (C=O) groups excluding carboxylic acids is 4. The Labute approximate surface area is 390 Å². The number of furan rings is 2. The third-order valence-electron chi connectivity index (χ3n) is 9.11. The van der Waals surface area contributed by atoms with E-state index in [4.69, 9.17) is 18.3 Å². The predicted octanol–water partition coefficient (Wildman–Crippen LogP) is 10.6. The highest BCUT2D eigenvalue weighted by Crippen LogP contribution is 2.38. The van der Waals surface area contributed by atoms with Crippen molar-refractivity contribution in [3.63, 3.8) is 0 Å². The van der Waals surface area contributed by atoms with Crippen LogP contribution in [0.1, 0.15) is 47.1 Å². The van der Waals surface area contributed by atoms with E-state index in [0.717, 1.165) is 26.8 Å². The van der Waals surface area contributed by atoms with Crippen molar-refractivity contribution in [3.05, 3.63) is 121 Å². The van der Waals surface area contributed by atoms with Gasteiger partial charge in [0.15, 0.2) is 22.1 Å². The van der Waals surface area contributed by atoms with Crippen LogP contribution >= 0.6 is 23.5 Å². The van der Waals surface area contributed by atoms with Crippen molar-refractivity contribution >= 4 is 58.9 Å². The summed E-state index contributed by atoms with van der Waals surface area (Å²) < 4.78 is 68.6. The molecule has 0 saturated heterocycles. The summed E-state index contributed by atoms with van der Waals surface area (Å²) in [5, 5.41) is 16.2. The lowest BCUT2D eigenvalue weighted by Crippen LogP contribution is -2.42. The maximum atomic E-state index is 14.6. The average Bonchev–Trinajstić information content (AvgIpc) is 4.09. The Kier molecular flexibility index (Phi) is 14.1. The maximum absolute atomic E-state index is 14.6. The van der Waals surface area contributed by atoms with Crippen molar-refractivity contribution in [1.29, 1.82) is 0 Å². The molecule has 7 aromatic rings. The van der Waals surface area contributed by atoms with Crippen molar-refractivity contribution in [1.82, 2.24) is 29.5 Å². The van der Waals surface area contributed by atoms with E-state index in [0.29, 0.717) is 11.1 Å². The van der Waals surface area contributed by atoms with E-state index in [1.165, 1.54) is 47.6 Å². The Morgan fingerprint density at radius 1 is 0.746 bits per heavy atom. The summed E-state index contributed by atoms with van der Waals surface area (Å²) in [4.78, 5) is 54.9. The lowest BCUT2D eigenvalue weighted by Gasteiger charge is -2.26. The molecule has 0 aliphatic carbocycles. The maximum Gasteiger partial charge on any atom is 0.422 e. The summed E-state index contributed by atoms with van der Waals surface area (Å²) in [7, 11) is 0. The molecule has 3 aromatic carbocycles. The molecule has 0 saturated carbocycles. The second kappa shape index (κ2) is 19.8. The van der Waals surface area contributed by atoms with Crippen molar-refractivity contribution in [3.8, 4) is 34.1 Å². The van der Waals surface area contributed by atoms with Gasteiger partial charge in [-0.15, -0.1) is 20.4 Å². The number of nitrogens with one attached hydrogen (secondary N) is 1. The van der Waals surface area contributed by atoms with E-state index in [9.17, 15) is 32.3 Å². The van der Waals surface area contributed by atoms with Gasteiger partial charge in [0.25, 0.3) is 0 Å². The average molecular weight is 957 g/mol. The van der Waals surface area contributed by atoms with Crippen LogP contribution in [-0.4, -0.2) is 81.9 Å². The molecule has 21 heteroatoms. The van der Waals surface area contributed by atoms with Gasteiger partial charge in [0.2, 0.25) is 17.0 Å². The molecule has 1 N–H and O–H groups in total. The Morgan fingerprint density at radius 3 is 2.01 bits per heavy atom. The summed E-state index contributed by atoms with van der Waals surface area (Å²) in [6, 6.07) is 26.3. The molecule has 1 unspecified atom stereocenters. The fraction of sp³-hybridized carbons (Fsp3) is 0.261. The number of anilines is 2. The van der Waals surface area contributed by atoms with Crippen LogP contribution in [0.15, 0.2) is 135 Å². The minimum Gasteiger partial charge on any atom is -0.472 e. The van der Waals surface area contributed by atoms with Crippen LogP contribution in [0.25, 0.3) is 34.1 Å². The van der Waals surface area contributed by atoms with Gasteiger partial charge in [-0.1, -0.05) is 72.1 Å². The van der Waals surface area contributed by atoms with Gasteiger partial charge in [-0.25, -0.2) is 19.1 Å². The predicted molar refractivity (Wildman–Crippen MR) is 243 cm³/mol. The molecule has 1 atom stereocenters. The third kappa shape index (κ3) is 12.0. The quantitative estimate of drug-likeness (QED) is 0.107. The van der Waals surface area contributed by atoms with E-state index in [2.05, 4.69) is 25.7 Å². The lowest BCUT2D eigenvalue weighted by molar-refractivity contribution is -0.146. The molecule has 0 spiro atoms. The second-order valence-corrected chi connectivity index (χ2v) is 18.7. The van der Waals surface area contributed by atoms with Crippen molar-refractivity contribution in [2.24, 2.45) is 0 Å². The Bertz CT molecular complexity index is 2840. The van der Waals surface area contributed by atoms with E-state index in [1.807, 2.05) is 18.2 Å². The van der Waals surface area contributed by atoms with Crippen molar-refractivity contribution in [2.45, 2.75) is 81.0 Å². The van der Waals surface area contributed by atoms with Gasteiger partial charge < -0.3 is 23.6 Å². The molecule has 16 nitrogen and oxygen atoms in total. The molecule has 348 valence electrons. The molecule has 0 aliphatic rings. The molecule has 0 fully saturated rings. The van der Waals surface area contributed by atoms with E-state index in [-0.39, 0.29) is 68.7 Å². The first-order chi connectivity index (χ1) is 31.7. The van der Waals surface area contributed by atoms with Crippen LogP contribution in [-0.2, 0) is 25.6 Å². The normalized spacial score (nSPS) is 12.4. The molecule has 67 heavy (non-hydrogen) atoms. The van der Waals surface area contributed by atoms with Gasteiger partial charge in [0.1, 0.15) is 29.5 Å². The number of ether oxygens (including phenoxy) is 2. The monoisotopic (exact) mass is 956 g/mol. The van der Waals surface area contributed by atoms with Gasteiger partial charge >= 0.3 is 18.4 Å². The van der Waals surface area contributed by atoms with Gasteiger partial charge in [-0.2, -0.15) is 13.2 Å².